The Morgan fingerprint density at radius 1 is 1.36 bits per heavy atom. The van der Waals surface area contributed by atoms with Crippen LogP contribution in [0.3, 0.4) is 0 Å². The van der Waals surface area contributed by atoms with Crippen LogP contribution in [0.25, 0.3) is 11.2 Å². The van der Waals surface area contributed by atoms with Gasteiger partial charge in [-0.15, -0.1) is 0 Å². The lowest BCUT2D eigenvalue weighted by Gasteiger charge is -2.33. The van der Waals surface area contributed by atoms with Crippen molar-refractivity contribution in [3.05, 3.63) is 12.7 Å². The molecule has 0 aliphatic carbocycles. The summed E-state index contributed by atoms with van der Waals surface area (Å²) in [5.41, 5.74) is -1.03. The van der Waals surface area contributed by atoms with Gasteiger partial charge >= 0.3 is 0 Å². The van der Waals surface area contributed by atoms with Gasteiger partial charge in [-0.05, 0) is 7.05 Å². The number of rotatable bonds is 4. The molecule has 4 atom stereocenters. The van der Waals surface area contributed by atoms with E-state index in [0.717, 1.165) is 6.33 Å². The summed E-state index contributed by atoms with van der Waals surface area (Å²) >= 11 is 0. The van der Waals surface area contributed by atoms with Gasteiger partial charge in [0.05, 0.1) is 12.9 Å². The molecule has 22 heavy (non-hydrogen) atoms. The van der Waals surface area contributed by atoms with Gasteiger partial charge in [-0.1, -0.05) is 0 Å². The van der Waals surface area contributed by atoms with Gasteiger partial charge in [0.1, 0.15) is 24.6 Å². The van der Waals surface area contributed by atoms with E-state index in [2.05, 4.69) is 20.3 Å². The molecule has 0 amide bonds. The lowest BCUT2D eigenvalue weighted by molar-refractivity contribution is -0.142. The molecule has 10 heteroatoms. The van der Waals surface area contributed by atoms with Gasteiger partial charge in [-0.25, -0.2) is 9.97 Å². The molecule has 2 aromatic rings. The van der Waals surface area contributed by atoms with Crippen LogP contribution in [0.2, 0.25) is 0 Å². The predicted octanol–water partition coefficient (Wildman–Crippen LogP) is -2.48. The molecule has 2 aromatic heterocycles. The first-order chi connectivity index (χ1) is 10.5. The highest BCUT2D eigenvalue weighted by Gasteiger charge is 2.55. The average molecular weight is 311 g/mol. The first-order valence-corrected chi connectivity index (χ1v) is 6.72. The largest absolute Gasteiger partial charge is 0.492 e. The van der Waals surface area contributed by atoms with Crippen molar-refractivity contribution >= 4 is 11.2 Å². The Labute approximate surface area is 125 Å². The fourth-order valence-electron chi connectivity index (χ4n) is 2.80. The fraction of sp³-hybridized carbons (Fsp3) is 0.583. The van der Waals surface area contributed by atoms with Crippen LogP contribution in [0.4, 0.5) is 0 Å². The molecule has 0 aromatic carbocycles. The van der Waals surface area contributed by atoms with E-state index in [1.54, 1.807) is 7.05 Å². The van der Waals surface area contributed by atoms with Crippen LogP contribution in [-0.2, 0) is 10.5 Å². The number of nitrogens with zero attached hydrogens (tertiary/aromatic N) is 4. The molecule has 0 spiro atoms. The molecule has 1 saturated heterocycles. The maximum absolute atomic E-state index is 10.5. The lowest BCUT2D eigenvalue weighted by Crippen LogP contribution is -2.51. The Kier molecular flexibility index (Phi) is 3.70. The SMILES string of the molecule is CNC[C@@]1(n2cnc3c(O)ncnc32)O[C@H](CO)[C@@H](O)[C@H]1O. The summed E-state index contributed by atoms with van der Waals surface area (Å²) in [5, 5.41) is 42.4. The van der Waals surface area contributed by atoms with Crippen molar-refractivity contribution in [1.82, 2.24) is 24.8 Å². The summed E-state index contributed by atoms with van der Waals surface area (Å²) in [4.78, 5) is 11.7. The molecule has 5 N–H and O–H groups in total. The molecule has 10 nitrogen and oxygen atoms in total. The Bertz CT molecular complexity index is 679. The molecular weight excluding hydrogens is 294 g/mol. The van der Waals surface area contributed by atoms with E-state index in [0.29, 0.717) is 0 Å². The van der Waals surface area contributed by atoms with Crippen molar-refractivity contribution < 1.29 is 25.2 Å². The zero-order valence-electron chi connectivity index (χ0n) is 11.8. The summed E-state index contributed by atoms with van der Waals surface area (Å²) in [6.07, 6.45) is -1.05. The molecule has 3 rings (SSSR count). The van der Waals surface area contributed by atoms with Crippen molar-refractivity contribution in [3.63, 3.8) is 0 Å². The number of aromatic hydroxyl groups is 1. The fourth-order valence-corrected chi connectivity index (χ4v) is 2.80. The summed E-state index contributed by atoms with van der Waals surface area (Å²) < 4.78 is 7.14. The van der Waals surface area contributed by atoms with Gasteiger partial charge in [0.25, 0.3) is 0 Å². The third-order valence-corrected chi connectivity index (χ3v) is 3.85. The molecule has 1 fully saturated rings. The molecule has 0 radical (unpaired) electrons. The van der Waals surface area contributed by atoms with Gasteiger partial charge in [-0.3, -0.25) is 4.57 Å². The Hall–Kier alpha value is -1.85. The first-order valence-electron chi connectivity index (χ1n) is 6.72. The highest BCUT2D eigenvalue weighted by Crippen LogP contribution is 2.37. The monoisotopic (exact) mass is 311 g/mol. The number of fused-ring (bicyclic) bond motifs is 1. The van der Waals surface area contributed by atoms with Crippen molar-refractivity contribution in [2.75, 3.05) is 20.2 Å². The van der Waals surface area contributed by atoms with Gasteiger partial charge in [0.15, 0.2) is 16.9 Å². The van der Waals surface area contributed by atoms with Gasteiger partial charge < -0.3 is 30.5 Å². The zero-order valence-corrected chi connectivity index (χ0v) is 11.8. The zero-order chi connectivity index (χ0) is 15.9. The topological polar surface area (TPSA) is 146 Å². The number of likely N-dealkylation sites (N-methyl/N-ethyl adjacent to an activating group) is 1. The van der Waals surface area contributed by atoms with Crippen LogP contribution in [-0.4, -0.2) is 78.5 Å². The quantitative estimate of drug-likeness (QED) is 0.414. The average Bonchev–Trinajstić information content (AvgIpc) is 3.04. The van der Waals surface area contributed by atoms with Crippen molar-refractivity contribution in [2.45, 2.75) is 24.0 Å². The van der Waals surface area contributed by atoms with Crippen molar-refractivity contribution in [1.29, 1.82) is 0 Å². The predicted molar refractivity (Wildman–Crippen MR) is 72.9 cm³/mol. The Morgan fingerprint density at radius 3 is 2.77 bits per heavy atom. The van der Waals surface area contributed by atoms with E-state index in [-0.39, 0.29) is 23.6 Å². The van der Waals surface area contributed by atoms with Crippen molar-refractivity contribution in [2.24, 2.45) is 0 Å². The number of hydrogen-bond acceptors (Lipinski definition) is 9. The second-order valence-electron chi connectivity index (χ2n) is 5.13. The highest BCUT2D eigenvalue weighted by molar-refractivity contribution is 5.75. The number of hydrogen-bond donors (Lipinski definition) is 5. The van der Waals surface area contributed by atoms with Crippen LogP contribution in [0.1, 0.15) is 0 Å². The maximum atomic E-state index is 10.5. The maximum Gasteiger partial charge on any atom is 0.242 e. The van der Waals surface area contributed by atoms with Crippen LogP contribution in [0.15, 0.2) is 12.7 Å². The minimum atomic E-state index is -1.42. The molecule has 1 aliphatic heterocycles. The summed E-state index contributed by atoms with van der Waals surface area (Å²) in [6.45, 7) is -0.325. The molecule has 0 bridgehead atoms. The Morgan fingerprint density at radius 2 is 2.14 bits per heavy atom. The third-order valence-electron chi connectivity index (χ3n) is 3.85. The number of nitrogens with one attached hydrogen (secondary N) is 1. The van der Waals surface area contributed by atoms with E-state index >= 15 is 0 Å². The minimum absolute atomic E-state index is 0.123. The summed E-state index contributed by atoms with van der Waals surface area (Å²) in [6, 6.07) is 0. The minimum Gasteiger partial charge on any atom is -0.492 e. The number of imidazole rings is 1. The lowest BCUT2D eigenvalue weighted by atomic mass is 10.0. The van der Waals surface area contributed by atoms with E-state index in [4.69, 9.17) is 4.74 Å². The summed E-state index contributed by atoms with van der Waals surface area (Å²) in [5.74, 6) is -0.296. The van der Waals surface area contributed by atoms with E-state index in [1.807, 2.05) is 0 Å². The molecule has 0 unspecified atom stereocenters. The second kappa shape index (κ2) is 5.41. The number of ether oxygens (including phenoxy) is 1. The van der Waals surface area contributed by atoms with Gasteiger partial charge in [0, 0.05) is 6.54 Å². The highest BCUT2D eigenvalue weighted by atomic mass is 16.6. The van der Waals surface area contributed by atoms with Crippen LogP contribution in [0.5, 0.6) is 5.88 Å². The van der Waals surface area contributed by atoms with Crippen molar-refractivity contribution in [3.8, 4) is 5.88 Å². The first kappa shape index (κ1) is 15.1. The molecule has 0 saturated carbocycles. The number of aliphatic hydroxyl groups is 3. The van der Waals surface area contributed by atoms with Gasteiger partial charge in [0.2, 0.25) is 5.88 Å². The number of aromatic nitrogens is 4. The van der Waals surface area contributed by atoms with E-state index in [1.165, 1.54) is 10.9 Å². The van der Waals surface area contributed by atoms with E-state index < -0.39 is 30.6 Å². The van der Waals surface area contributed by atoms with E-state index in [9.17, 15) is 20.4 Å². The number of aliphatic hydroxyl groups excluding tert-OH is 3. The normalized spacial score (nSPS) is 31.9. The molecule has 120 valence electrons. The second-order valence-corrected chi connectivity index (χ2v) is 5.13. The standard InChI is InChI=1S/C12H17N5O5/c1-13-3-12(9(20)8(19)6(2-18)22-12)17-5-16-7-10(17)14-4-15-11(7)21/h4-6,8-9,13,18-20H,2-3H2,1H3,(H,14,15,21)/t6-,8-,9-,12-/m1/s1. The third kappa shape index (κ3) is 1.96. The summed E-state index contributed by atoms with van der Waals surface area (Å²) in [7, 11) is 1.65. The van der Waals surface area contributed by atoms with Gasteiger partial charge in [-0.2, -0.15) is 4.98 Å². The van der Waals surface area contributed by atoms with Crippen LogP contribution >= 0.6 is 0 Å². The molecule has 3 heterocycles. The molecular formula is C12H17N5O5. The smallest absolute Gasteiger partial charge is 0.242 e. The van der Waals surface area contributed by atoms with Crippen LogP contribution < -0.4 is 5.32 Å². The van der Waals surface area contributed by atoms with Crippen LogP contribution in [0, 0.1) is 0 Å². The Balaban J connectivity index is 2.17. The molecule has 1 aliphatic rings.